The van der Waals surface area contributed by atoms with Gasteiger partial charge in [-0.2, -0.15) is 4.98 Å². The maximum atomic E-state index is 11.7. The highest BCUT2D eigenvalue weighted by Gasteiger charge is 2.35. The predicted molar refractivity (Wildman–Crippen MR) is 70.2 cm³/mol. The molecule has 2 heterocycles. The molecule has 0 spiro atoms. The molecule has 0 radical (unpaired) electrons. The van der Waals surface area contributed by atoms with Crippen LogP contribution in [0.4, 0.5) is 5.82 Å². The van der Waals surface area contributed by atoms with Crippen LogP contribution in [0, 0.1) is 12.3 Å². The van der Waals surface area contributed by atoms with Gasteiger partial charge in [-0.1, -0.05) is 5.92 Å². The molecule has 8 nitrogen and oxygen atoms in total. The first-order valence-electron chi connectivity index (χ1n) is 6.02. The molecule has 1 aliphatic rings. The molecule has 2 unspecified atom stereocenters. The molecule has 0 aliphatic carbocycles. The number of nitrogens with zero attached hydrogens (tertiary/aromatic N) is 2. The summed E-state index contributed by atoms with van der Waals surface area (Å²) in [5.74, 6) is 2.33. The molecule has 5 N–H and O–H groups in total. The molecule has 1 saturated heterocycles. The highest BCUT2D eigenvalue weighted by atomic mass is 16.6. The van der Waals surface area contributed by atoms with Crippen molar-refractivity contribution in [2.75, 3.05) is 12.3 Å². The lowest BCUT2D eigenvalue weighted by Crippen LogP contribution is -2.32. The Morgan fingerprint density at radius 1 is 1.75 bits per heavy atom. The van der Waals surface area contributed by atoms with Crippen LogP contribution in [0.15, 0.2) is 17.1 Å². The summed E-state index contributed by atoms with van der Waals surface area (Å²) in [6, 6.07) is 1.48. The molecule has 1 aliphatic heterocycles. The Morgan fingerprint density at radius 3 is 3.15 bits per heavy atom. The van der Waals surface area contributed by atoms with E-state index in [1.807, 2.05) is 0 Å². The van der Waals surface area contributed by atoms with Gasteiger partial charge < -0.3 is 20.3 Å². The highest BCUT2D eigenvalue weighted by Crippen LogP contribution is 2.27. The molecule has 1 aromatic heterocycles. The molecule has 2 rings (SSSR count). The molecular weight excluding hydrogens is 264 g/mol. The third kappa shape index (κ3) is 3.15. The van der Waals surface area contributed by atoms with Gasteiger partial charge in [0.15, 0.2) is 6.23 Å². The third-order valence-corrected chi connectivity index (χ3v) is 2.97. The van der Waals surface area contributed by atoms with Crippen molar-refractivity contribution in [1.29, 1.82) is 0 Å². The SMILES string of the molecule is C#CC(N)OC[C@H]1O[C@@H](n2ccc(N)nc2=O)CC1O. The monoisotopic (exact) mass is 280 g/mol. The van der Waals surface area contributed by atoms with Gasteiger partial charge in [-0.15, -0.1) is 6.42 Å². The van der Waals surface area contributed by atoms with Crippen LogP contribution in [0.1, 0.15) is 12.6 Å². The van der Waals surface area contributed by atoms with Crippen LogP contribution in [-0.2, 0) is 9.47 Å². The van der Waals surface area contributed by atoms with Crippen molar-refractivity contribution < 1.29 is 14.6 Å². The van der Waals surface area contributed by atoms with Crippen molar-refractivity contribution in [2.24, 2.45) is 5.73 Å². The second-order valence-corrected chi connectivity index (χ2v) is 4.40. The first-order chi connectivity index (χ1) is 9.51. The average Bonchev–Trinajstić information content (AvgIpc) is 2.77. The third-order valence-electron chi connectivity index (χ3n) is 2.97. The van der Waals surface area contributed by atoms with Gasteiger partial charge in [-0.05, 0) is 6.07 Å². The highest BCUT2D eigenvalue weighted by molar-refractivity contribution is 5.23. The molecule has 4 atom stereocenters. The summed E-state index contributed by atoms with van der Waals surface area (Å²) < 4.78 is 11.9. The van der Waals surface area contributed by atoms with Crippen LogP contribution < -0.4 is 17.2 Å². The van der Waals surface area contributed by atoms with E-state index in [0.29, 0.717) is 0 Å². The number of hydrogen-bond acceptors (Lipinski definition) is 7. The molecule has 0 bridgehead atoms. The van der Waals surface area contributed by atoms with Crippen molar-refractivity contribution >= 4 is 5.82 Å². The van der Waals surface area contributed by atoms with E-state index in [2.05, 4.69) is 10.9 Å². The number of nitrogen functional groups attached to an aromatic ring is 1. The van der Waals surface area contributed by atoms with Crippen molar-refractivity contribution in [3.05, 3.63) is 22.7 Å². The van der Waals surface area contributed by atoms with Crippen molar-refractivity contribution in [1.82, 2.24) is 9.55 Å². The second kappa shape index (κ2) is 6.02. The van der Waals surface area contributed by atoms with Crippen LogP contribution in [-0.4, -0.2) is 39.7 Å². The summed E-state index contributed by atoms with van der Waals surface area (Å²) in [6.45, 7) is 0.0419. The van der Waals surface area contributed by atoms with E-state index in [-0.39, 0.29) is 18.8 Å². The minimum atomic E-state index is -0.856. The van der Waals surface area contributed by atoms with Crippen LogP contribution in [0.5, 0.6) is 0 Å². The Hall–Kier alpha value is -1.92. The van der Waals surface area contributed by atoms with Gasteiger partial charge in [-0.25, -0.2) is 4.79 Å². The van der Waals surface area contributed by atoms with Gasteiger partial charge in [0.25, 0.3) is 0 Å². The molecule has 0 saturated carbocycles. The number of aromatic nitrogens is 2. The summed E-state index contributed by atoms with van der Waals surface area (Å²) in [7, 11) is 0. The molecule has 0 amide bonds. The predicted octanol–water partition coefficient (Wildman–Crippen LogP) is -1.59. The van der Waals surface area contributed by atoms with E-state index < -0.39 is 30.4 Å². The normalized spacial score (nSPS) is 27.1. The van der Waals surface area contributed by atoms with E-state index in [0.717, 1.165) is 0 Å². The molecule has 108 valence electrons. The summed E-state index contributed by atoms with van der Waals surface area (Å²) in [5, 5.41) is 9.89. The fraction of sp³-hybridized carbons (Fsp3) is 0.500. The lowest BCUT2D eigenvalue weighted by Gasteiger charge is -2.17. The first-order valence-corrected chi connectivity index (χ1v) is 6.02. The minimum absolute atomic E-state index is 0.0419. The number of anilines is 1. The molecule has 1 fully saturated rings. The number of aliphatic hydroxyl groups excluding tert-OH is 1. The molecule has 20 heavy (non-hydrogen) atoms. The van der Waals surface area contributed by atoms with Crippen molar-refractivity contribution in [3.8, 4) is 12.3 Å². The van der Waals surface area contributed by atoms with Crippen molar-refractivity contribution in [3.63, 3.8) is 0 Å². The van der Waals surface area contributed by atoms with E-state index in [9.17, 15) is 9.90 Å². The summed E-state index contributed by atoms with van der Waals surface area (Å²) >= 11 is 0. The van der Waals surface area contributed by atoms with Crippen LogP contribution in [0.3, 0.4) is 0 Å². The molecular formula is C12H16N4O4. The topological polar surface area (TPSA) is 126 Å². The number of aliphatic hydroxyl groups is 1. The second-order valence-electron chi connectivity index (χ2n) is 4.40. The zero-order valence-electron chi connectivity index (χ0n) is 10.7. The number of hydrogen-bond donors (Lipinski definition) is 3. The van der Waals surface area contributed by atoms with Gasteiger partial charge in [0.1, 0.15) is 18.1 Å². The Balaban J connectivity index is 2.03. The average molecular weight is 280 g/mol. The van der Waals surface area contributed by atoms with Gasteiger partial charge in [0.2, 0.25) is 0 Å². The van der Waals surface area contributed by atoms with E-state index in [4.69, 9.17) is 27.4 Å². The maximum Gasteiger partial charge on any atom is 0.351 e. The van der Waals surface area contributed by atoms with Crippen LogP contribution in [0.25, 0.3) is 0 Å². The van der Waals surface area contributed by atoms with E-state index >= 15 is 0 Å². The fourth-order valence-corrected chi connectivity index (χ4v) is 1.93. The molecule has 8 heteroatoms. The summed E-state index contributed by atoms with van der Waals surface area (Å²) in [6.07, 6.45) is 3.92. The zero-order chi connectivity index (χ0) is 14.7. The number of terminal acetylenes is 1. The number of ether oxygens (including phenoxy) is 2. The Bertz CT molecular complexity index is 567. The Labute approximate surface area is 115 Å². The van der Waals surface area contributed by atoms with Crippen LogP contribution >= 0.6 is 0 Å². The quantitative estimate of drug-likeness (QED) is 0.448. The zero-order valence-corrected chi connectivity index (χ0v) is 10.7. The van der Waals surface area contributed by atoms with E-state index in [1.165, 1.54) is 16.8 Å². The first kappa shape index (κ1) is 14.5. The molecule has 1 aromatic rings. The Kier molecular flexibility index (Phi) is 4.36. The van der Waals surface area contributed by atoms with Gasteiger partial charge in [0, 0.05) is 12.6 Å². The number of nitrogens with two attached hydrogens (primary N) is 2. The van der Waals surface area contributed by atoms with E-state index in [1.54, 1.807) is 0 Å². The fourth-order valence-electron chi connectivity index (χ4n) is 1.93. The lowest BCUT2D eigenvalue weighted by molar-refractivity contribution is -0.0710. The van der Waals surface area contributed by atoms with Gasteiger partial charge >= 0.3 is 5.69 Å². The largest absolute Gasteiger partial charge is 0.390 e. The lowest BCUT2D eigenvalue weighted by atomic mass is 10.2. The maximum absolute atomic E-state index is 11.7. The smallest absolute Gasteiger partial charge is 0.351 e. The van der Waals surface area contributed by atoms with Gasteiger partial charge in [-0.3, -0.25) is 10.3 Å². The number of rotatable bonds is 4. The minimum Gasteiger partial charge on any atom is -0.390 e. The van der Waals surface area contributed by atoms with Crippen molar-refractivity contribution in [2.45, 2.75) is 31.1 Å². The standard InChI is InChI=1S/C12H16N4O4/c1-2-10(14)19-6-8-7(17)5-11(20-8)16-4-3-9(13)15-12(16)18/h1,3-4,7-8,10-11,17H,5-6,14H2,(H2,13,15,18)/t7?,8-,10?,11-/m1/s1. The summed E-state index contributed by atoms with van der Waals surface area (Å²) in [4.78, 5) is 15.3. The molecule has 0 aromatic carbocycles. The Morgan fingerprint density at radius 2 is 2.50 bits per heavy atom. The van der Waals surface area contributed by atoms with Crippen LogP contribution in [0.2, 0.25) is 0 Å². The summed E-state index contributed by atoms with van der Waals surface area (Å²) in [5.41, 5.74) is 10.3. The van der Waals surface area contributed by atoms with Gasteiger partial charge in [0.05, 0.1) is 12.7 Å².